The van der Waals surface area contributed by atoms with E-state index in [1.54, 1.807) is 18.2 Å². The van der Waals surface area contributed by atoms with Crippen molar-refractivity contribution >= 4 is 48.9 Å². The fraction of sp³-hybridized carbons (Fsp3) is 0.0833. The highest BCUT2D eigenvalue weighted by Crippen LogP contribution is 2.31. The zero-order valence-electron chi connectivity index (χ0n) is 10.7. The SMILES string of the molecule is COc1ccc(Br)cc1NS(=O)(=O)c1ccc(C(=O)O)s1. The van der Waals surface area contributed by atoms with Gasteiger partial charge in [0.05, 0.1) is 12.8 Å². The van der Waals surface area contributed by atoms with Crippen molar-refractivity contribution in [3.8, 4) is 5.75 Å². The minimum absolute atomic E-state index is 0.0448. The number of thiophene rings is 1. The molecule has 2 N–H and O–H groups in total. The van der Waals surface area contributed by atoms with Gasteiger partial charge in [-0.3, -0.25) is 4.72 Å². The maximum atomic E-state index is 12.3. The molecule has 2 aromatic rings. The maximum Gasteiger partial charge on any atom is 0.345 e. The molecule has 0 spiro atoms. The van der Waals surface area contributed by atoms with Crippen LogP contribution in [0, 0.1) is 0 Å². The van der Waals surface area contributed by atoms with Crippen molar-refractivity contribution in [3.05, 3.63) is 39.7 Å². The van der Waals surface area contributed by atoms with Crippen LogP contribution in [-0.4, -0.2) is 26.6 Å². The standard InChI is InChI=1S/C12H10BrNO5S2/c1-19-9-3-2-7(13)6-8(9)14-21(17,18)11-5-4-10(20-11)12(15)16/h2-6,14H,1H3,(H,15,16). The molecule has 112 valence electrons. The number of nitrogens with one attached hydrogen (secondary N) is 1. The van der Waals surface area contributed by atoms with Crippen molar-refractivity contribution < 1.29 is 23.1 Å². The average Bonchev–Trinajstić information content (AvgIpc) is 2.89. The molecule has 0 amide bonds. The largest absolute Gasteiger partial charge is 0.495 e. The van der Waals surface area contributed by atoms with E-state index in [9.17, 15) is 13.2 Å². The minimum atomic E-state index is -3.87. The van der Waals surface area contributed by atoms with Crippen LogP contribution in [0.3, 0.4) is 0 Å². The third kappa shape index (κ3) is 3.55. The van der Waals surface area contributed by atoms with Gasteiger partial charge < -0.3 is 9.84 Å². The molecule has 0 saturated heterocycles. The van der Waals surface area contributed by atoms with E-state index in [2.05, 4.69) is 20.7 Å². The number of ether oxygens (including phenoxy) is 1. The van der Waals surface area contributed by atoms with Gasteiger partial charge in [0.1, 0.15) is 14.8 Å². The van der Waals surface area contributed by atoms with E-state index in [0.717, 1.165) is 0 Å². The summed E-state index contributed by atoms with van der Waals surface area (Å²) >= 11 is 3.93. The highest BCUT2D eigenvalue weighted by molar-refractivity contribution is 9.10. The summed E-state index contributed by atoms with van der Waals surface area (Å²) in [5.41, 5.74) is 0.261. The molecule has 0 aliphatic rings. The van der Waals surface area contributed by atoms with Gasteiger partial charge in [0.2, 0.25) is 0 Å². The number of carboxylic acids is 1. The Balaban J connectivity index is 2.37. The van der Waals surface area contributed by atoms with Gasteiger partial charge >= 0.3 is 5.97 Å². The normalized spacial score (nSPS) is 11.1. The Bertz CT molecular complexity index is 785. The van der Waals surface area contributed by atoms with Gasteiger partial charge in [-0.25, -0.2) is 13.2 Å². The lowest BCUT2D eigenvalue weighted by Crippen LogP contribution is -2.12. The Kier molecular flexibility index (Phi) is 4.55. The van der Waals surface area contributed by atoms with Crippen molar-refractivity contribution in [3.63, 3.8) is 0 Å². The van der Waals surface area contributed by atoms with E-state index in [1.807, 2.05) is 0 Å². The first kappa shape index (κ1) is 15.8. The van der Waals surface area contributed by atoms with Crippen LogP contribution in [0.2, 0.25) is 0 Å². The van der Waals surface area contributed by atoms with Gasteiger partial charge in [0.25, 0.3) is 10.0 Å². The number of benzene rings is 1. The molecule has 0 fully saturated rings. The lowest BCUT2D eigenvalue weighted by Gasteiger charge is -2.11. The number of carboxylic acid groups (broad SMARTS) is 1. The summed E-state index contributed by atoms with van der Waals surface area (Å²) < 4.78 is 32.6. The first-order chi connectivity index (χ1) is 9.83. The maximum absolute atomic E-state index is 12.3. The predicted molar refractivity (Wildman–Crippen MR) is 82.8 cm³/mol. The zero-order valence-corrected chi connectivity index (χ0v) is 13.9. The van der Waals surface area contributed by atoms with Crippen molar-refractivity contribution in [1.82, 2.24) is 0 Å². The highest BCUT2D eigenvalue weighted by Gasteiger charge is 2.20. The van der Waals surface area contributed by atoms with E-state index in [0.29, 0.717) is 21.6 Å². The molecule has 1 aromatic heterocycles. The third-order valence-electron chi connectivity index (χ3n) is 2.46. The molecule has 0 aliphatic carbocycles. The molecule has 0 saturated carbocycles. The molecule has 21 heavy (non-hydrogen) atoms. The lowest BCUT2D eigenvalue weighted by molar-refractivity contribution is 0.0702. The topological polar surface area (TPSA) is 92.7 Å². The smallest absolute Gasteiger partial charge is 0.345 e. The second-order valence-corrected chi connectivity index (χ2v) is 7.78. The molecule has 6 nitrogen and oxygen atoms in total. The number of hydrogen-bond donors (Lipinski definition) is 2. The van der Waals surface area contributed by atoms with Gasteiger partial charge in [-0.2, -0.15) is 0 Å². The minimum Gasteiger partial charge on any atom is -0.495 e. The fourth-order valence-electron chi connectivity index (χ4n) is 1.53. The van der Waals surface area contributed by atoms with Gasteiger partial charge in [0, 0.05) is 4.47 Å². The summed E-state index contributed by atoms with van der Waals surface area (Å²) in [6.45, 7) is 0. The third-order valence-corrected chi connectivity index (χ3v) is 5.89. The van der Waals surface area contributed by atoms with Gasteiger partial charge in [-0.15, -0.1) is 11.3 Å². The lowest BCUT2D eigenvalue weighted by atomic mass is 10.3. The van der Waals surface area contributed by atoms with Gasteiger partial charge in [0.15, 0.2) is 0 Å². The number of rotatable bonds is 5. The first-order valence-corrected chi connectivity index (χ1v) is 8.62. The van der Waals surface area contributed by atoms with E-state index in [1.165, 1.54) is 19.2 Å². The van der Waals surface area contributed by atoms with Crippen molar-refractivity contribution in [1.29, 1.82) is 0 Å². The second kappa shape index (κ2) is 6.04. The molecule has 1 heterocycles. The summed E-state index contributed by atoms with van der Waals surface area (Å²) in [6, 6.07) is 7.38. The molecule has 0 atom stereocenters. The van der Waals surface area contributed by atoms with Gasteiger partial charge in [-0.05, 0) is 30.3 Å². The summed E-state index contributed by atoms with van der Waals surface area (Å²) in [4.78, 5) is 10.8. The Morgan fingerprint density at radius 1 is 1.33 bits per heavy atom. The Morgan fingerprint density at radius 2 is 2.05 bits per heavy atom. The Hall–Kier alpha value is -1.58. The summed E-state index contributed by atoms with van der Waals surface area (Å²) in [7, 11) is -2.45. The Morgan fingerprint density at radius 3 is 2.62 bits per heavy atom. The molecule has 0 bridgehead atoms. The number of sulfonamides is 1. The molecular weight excluding hydrogens is 382 g/mol. The Labute approximate surface area is 133 Å². The fourth-order valence-corrected chi connectivity index (χ4v) is 4.10. The van der Waals surface area contributed by atoms with Crippen LogP contribution in [0.15, 0.2) is 39.0 Å². The number of halogens is 1. The number of aromatic carboxylic acids is 1. The average molecular weight is 392 g/mol. The predicted octanol–water partition coefficient (Wildman–Crippen LogP) is 3.02. The molecule has 9 heteroatoms. The molecule has 1 aromatic carbocycles. The van der Waals surface area contributed by atoms with Crippen LogP contribution in [0.4, 0.5) is 5.69 Å². The van der Waals surface area contributed by atoms with Crippen molar-refractivity contribution in [2.45, 2.75) is 4.21 Å². The van der Waals surface area contributed by atoms with Crippen LogP contribution < -0.4 is 9.46 Å². The number of anilines is 1. The van der Waals surface area contributed by atoms with Crippen LogP contribution in [-0.2, 0) is 10.0 Å². The highest BCUT2D eigenvalue weighted by atomic mass is 79.9. The van der Waals surface area contributed by atoms with Crippen LogP contribution >= 0.6 is 27.3 Å². The van der Waals surface area contributed by atoms with Crippen molar-refractivity contribution in [2.24, 2.45) is 0 Å². The number of hydrogen-bond acceptors (Lipinski definition) is 5. The monoisotopic (exact) mass is 391 g/mol. The van der Waals surface area contributed by atoms with Crippen LogP contribution in [0.1, 0.15) is 9.67 Å². The molecule has 0 aliphatic heterocycles. The second-order valence-electron chi connectivity index (χ2n) is 3.87. The van der Waals surface area contributed by atoms with E-state index in [-0.39, 0.29) is 14.8 Å². The molecular formula is C12H10BrNO5S2. The van der Waals surface area contributed by atoms with E-state index in [4.69, 9.17) is 9.84 Å². The summed E-state index contributed by atoms with van der Waals surface area (Å²) in [5, 5.41) is 8.84. The zero-order chi connectivity index (χ0) is 15.6. The van der Waals surface area contributed by atoms with Crippen molar-refractivity contribution in [2.75, 3.05) is 11.8 Å². The van der Waals surface area contributed by atoms with Crippen LogP contribution in [0.5, 0.6) is 5.75 Å². The number of methoxy groups -OCH3 is 1. The summed E-state index contributed by atoms with van der Waals surface area (Å²) in [5.74, 6) is -0.807. The quantitative estimate of drug-likeness (QED) is 0.816. The van der Waals surface area contributed by atoms with Gasteiger partial charge in [-0.1, -0.05) is 15.9 Å². The molecule has 2 rings (SSSR count). The number of carbonyl (C=O) groups is 1. The van der Waals surface area contributed by atoms with E-state index >= 15 is 0 Å². The van der Waals surface area contributed by atoms with Crippen LogP contribution in [0.25, 0.3) is 0 Å². The first-order valence-electron chi connectivity index (χ1n) is 5.53. The summed E-state index contributed by atoms with van der Waals surface area (Å²) in [6.07, 6.45) is 0. The van der Waals surface area contributed by atoms with E-state index < -0.39 is 16.0 Å². The molecule has 0 unspecified atom stereocenters. The molecule has 0 radical (unpaired) electrons.